The molecule has 0 aliphatic carbocycles. The highest BCUT2D eigenvalue weighted by Gasteiger charge is 2.18. The van der Waals surface area contributed by atoms with E-state index in [2.05, 4.69) is 10.1 Å². The summed E-state index contributed by atoms with van der Waals surface area (Å²) in [4.78, 5) is 4.21. The van der Waals surface area contributed by atoms with Gasteiger partial charge in [-0.3, -0.25) is 0 Å². The van der Waals surface area contributed by atoms with Gasteiger partial charge in [0.1, 0.15) is 0 Å². The smallest absolute Gasteiger partial charge is 0.240 e. The van der Waals surface area contributed by atoms with Crippen LogP contribution in [0.5, 0.6) is 11.5 Å². The maximum Gasteiger partial charge on any atom is 0.240 e. The second kappa shape index (κ2) is 6.36. The van der Waals surface area contributed by atoms with E-state index in [4.69, 9.17) is 24.5 Å². The van der Waals surface area contributed by atoms with Crippen LogP contribution in [0.15, 0.2) is 16.7 Å². The van der Waals surface area contributed by atoms with E-state index in [0.29, 0.717) is 35.4 Å². The van der Waals surface area contributed by atoms with Crippen molar-refractivity contribution < 1.29 is 18.7 Å². The Balaban J connectivity index is 2.55. The Kier molecular flexibility index (Phi) is 4.54. The van der Waals surface area contributed by atoms with Gasteiger partial charge in [-0.25, -0.2) is 0 Å². The highest BCUT2D eigenvalue weighted by molar-refractivity contribution is 5.69. The van der Waals surface area contributed by atoms with Crippen molar-refractivity contribution in [3.63, 3.8) is 0 Å². The zero-order valence-corrected chi connectivity index (χ0v) is 11.7. The molecule has 2 N–H and O–H groups in total. The molecular weight excluding hydrogens is 262 g/mol. The summed E-state index contributed by atoms with van der Waals surface area (Å²) in [5.41, 5.74) is 7.06. The zero-order valence-electron chi connectivity index (χ0n) is 11.7. The molecule has 20 heavy (non-hydrogen) atoms. The lowest BCUT2D eigenvalue weighted by atomic mass is 10.1. The van der Waals surface area contributed by atoms with Crippen molar-refractivity contribution in [3.05, 3.63) is 23.6 Å². The van der Waals surface area contributed by atoms with E-state index >= 15 is 0 Å². The lowest BCUT2D eigenvalue weighted by Gasteiger charge is -2.13. The third-order valence-corrected chi connectivity index (χ3v) is 2.73. The minimum atomic E-state index is 0.185. The van der Waals surface area contributed by atoms with Crippen molar-refractivity contribution in [1.82, 2.24) is 10.1 Å². The number of ether oxygens (including phenoxy) is 3. The van der Waals surface area contributed by atoms with Gasteiger partial charge in [-0.05, 0) is 17.7 Å². The quantitative estimate of drug-likeness (QED) is 0.853. The van der Waals surface area contributed by atoms with Crippen molar-refractivity contribution in [2.75, 3.05) is 21.3 Å². The van der Waals surface area contributed by atoms with Gasteiger partial charge in [-0.15, -0.1) is 0 Å². The van der Waals surface area contributed by atoms with Gasteiger partial charge < -0.3 is 24.5 Å². The second-order valence-electron chi connectivity index (χ2n) is 4.03. The van der Waals surface area contributed by atoms with Gasteiger partial charge in [0, 0.05) is 7.11 Å². The van der Waals surface area contributed by atoms with Crippen LogP contribution in [0.2, 0.25) is 0 Å². The molecule has 0 fully saturated rings. The lowest BCUT2D eigenvalue weighted by molar-refractivity contribution is 0.184. The van der Waals surface area contributed by atoms with E-state index in [1.54, 1.807) is 21.3 Å². The van der Waals surface area contributed by atoms with Crippen LogP contribution in [0.3, 0.4) is 0 Å². The molecule has 0 radical (unpaired) electrons. The molecule has 0 spiro atoms. The Labute approximate surface area is 116 Å². The molecule has 2 rings (SSSR count). The molecule has 0 aliphatic heterocycles. The summed E-state index contributed by atoms with van der Waals surface area (Å²) in [5, 5.41) is 3.90. The van der Waals surface area contributed by atoms with Crippen LogP contribution in [0, 0.1) is 0 Å². The third kappa shape index (κ3) is 2.73. The van der Waals surface area contributed by atoms with E-state index in [1.807, 2.05) is 12.1 Å². The first-order chi connectivity index (χ1) is 9.73. The molecule has 1 heterocycles. The average molecular weight is 279 g/mol. The lowest BCUT2D eigenvalue weighted by Crippen LogP contribution is -1.99. The summed E-state index contributed by atoms with van der Waals surface area (Å²) in [6.07, 6.45) is 0. The number of aromatic nitrogens is 2. The number of hydrogen-bond donors (Lipinski definition) is 1. The van der Waals surface area contributed by atoms with Gasteiger partial charge >= 0.3 is 0 Å². The molecule has 7 nitrogen and oxygen atoms in total. The Morgan fingerprint density at radius 1 is 1.20 bits per heavy atom. The fourth-order valence-corrected chi connectivity index (χ4v) is 1.88. The van der Waals surface area contributed by atoms with Gasteiger partial charge in [0.05, 0.1) is 32.9 Å². The molecule has 1 aromatic heterocycles. The highest BCUT2D eigenvalue weighted by Crippen LogP contribution is 2.38. The van der Waals surface area contributed by atoms with E-state index < -0.39 is 0 Å². The fourth-order valence-electron chi connectivity index (χ4n) is 1.88. The van der Waals surface area contributed by atoms with E-state index in [-0.39, 0.29) is 6.54 Å². The van der Waals surface area contributed by atoms with Crippen molar-refractivity contribution in [1.29, 1.82) is 0 Å². The van der Waals surface area contributed by atoms with Crippen molar-refractivity contribution in [2.45, 2.75) is 13.2 Å². The minimum absolute atomic E-state index is 0.185. The minimum Gasteiger partial charge on any atom is -0.493 e. The number of nitrogens with zero attached hydrogens (tertiary/aromatic N) is 2. The Hall–Kier alpha value is -2.12. The number of nitrogens with two attached hydrogens (primary N) is 1. The van der Waals surface area contributed by atoms with Crippen LogP contribution in [-0.4, -0.2) is 31.5 Å². The largest absolute Gasteiger partial charge is 0.493 e. The molecule has 0 bridgehead atoms. The molecule has 108 valence electrons. The summed E-state index contributed by atoms with van der Waals surface area (Å²) >= 11 is 0. The molecule has 0 saturated heterocycles. The summed E-state index contributed by atoms with van der Waals surface area (Å²) in [7, 11) is 4.75. The van der Waals surface area contributed by atoms with E-state index in [1.165, 1.54) is 0 Å². The first-order valence-electron chi connectivity index (χ1n) is 6.00. The molecule has 0 atom stereocenters. The van der Waals surface area contributed by atoms with Gasteiger partial charge in [-0.2, -0.15) is 4.98 Å². The summed E-state index contributed by atoms with van der Waals surface area (Å²) in [6, 6.07) is 3.71. The first-order valence-corrected chi connectivity index (χ1v) is 6.00. The topological polar surface area (TPSA) is 92.6 Å². The number of benzene rings is 1. The van der Waals surface area contributed by atoms with Crippen molar-refractivity contribution >= 4 is 0 Å². The Morgan fingerprint density at radius 2 is 2.00 bits per heavy atom. The maximum atomic E-state index is 5.47. The number of methoxy groups -OCH3 is 3. The average Bonchev–Trinajstić information content (AvgIpc) is 2.95. The molecule has 0 saturated carbocycles. The van der Waals surface area contributed by atoms with Crippen molar-refractivity contribution in [3.8, 4) is 22.9 Å². The number of hydrogen-bond acceptors (Lipinski definition) is 7. The van der Waals surface area contributed by atoms with Crippen LogP contribution in [0.4, 0.5) is 0 Å². The molecule has 1 aromatic carbocycles. The maximum absolute atomic E-state index is 5.47. The Morgan fingerprint density at radius 3 is 2.55 bits per heavy atom. The van der Waals surface area contributed by atoms with Gasteiger partial charge in [0.25, 0.3) is 0 Å². The molecule has 7 heteroatoms. The predicted octanol–water partition coefficient (Wildman–Crippen LogP) is 1.36. The molecule has 0 amide bonds. The standard InChI is InChI=1S/C13H17N3O4/c1-17-7-8-4-9(12(19-3)10(5-8)18-2)13-15-11(6-14)20-16-13/h4-5H,6-7,14H2,1-3H3. The van der Waals surface area contributed by atoms with Crippen LogP contribution in [0.25, 0.3) is 11.4 Å². The molecule has 2 aromatic rings. The predicted molar refractivity (Wildman–Crippen MR) is 71.4 cm³/mol. The molecular formula is C13H17N3O4. The normalized spacial score (nSPS) is 10.6. The summed E-state index contributed by atoms with van der Waals surface area (Å²) in [6.45, 7) is 0.624. The van der Waals surface area contributed by atoms with E-state index in [0.717, 1.165) is 5.56 Å². The number of rotatable bonds is 6. The molecule has 0 unspecified atom stereocenters. The fraction of sp³-hybridized carbons (Fsp3) is 0.385. The van der Waals surface area contributed by atoms with Gasteiger partial charge in [-0.1, -0.05) is 5.16 Å². The van der Waals surface area contributed by atoms with Crippen LogP contribution >= 0.6 is 0 Å². The zero-order chi connectivity index (χ0) is 14.5. The Bertz CT molecular complexity index is 583. The molecule has 0 aliphatic rings. The van der Waals surface area contributed by atoms with Crippen LogP contribution < -0.4 is 15.2 Å². The van der Waals surface area contributed by atoms with Gasteiger partial charge in [0.2, 0.25) is 11.7 Å². The second-order valence-corrected chi connectivity index (χ2v) is 4.03. The van der Waals surface area contributed by atoms with E-state index in [9.17, 15) is 0 Å². The van der Waals surface area contributed by atoms with Gasteiger partial charge in [0.15, 0.2) is 11.5 Å². The summed E-state index contributed by atoms with van der Waals surface area (Å²) < 4.78 is 20.9. The monoisotopic (exact) mass is 279 g/mol. The van der Waals surface area contributed by atoms with Crippen LogP contribution in [0.1, 0.15) is 11.5 Å². The third-order valence-electron chi connectivity index (χ3n) is 2.73. The first kappa shape index (κ1) is 14.3. The highest BCUT2D eigenvalue weighted by atomic mass is 16.5. The van der Waals surface area contributed by atoms with Crippen molar-refractivity contribution in [2.24, 2.45) is 5.73 Å². The SMILES string of the molecule is COCc1cc(OC)c(OC)c(-c2noc(CN)n2)c1. The van der Waals surface area contributed by atoms with Crippen LogP contribution in [-0.2, 0) is 17.9 Å². The summed E-state index contributed by atoms with van der Waals surface area (Å²) in [5.74, 6) is 1.88.